The molecule has 1 heterocycles. The van der Waals surface area contributed by atoms with Crippen molar-refractivity contribution >= 4 is 5.97 Å². The van der Waals surface area contributed by atoms with Crippen LogP contribution in [0.4, 0.5) is 0 Å². The molecule has 0 bridgehead atoms. The lowest BCUT2D eigenvalue weighted by Gasteiger charge is -2.23. The number of carbonyl (C=O) groups is 1. The third kappa shape index (κ3) is 1.61. The molecule has 0 fully saturated rings. The number of esters is 1. The molecule has 1 aliphatic heterocycles. The molecule has 0 aromatic heterocycles. The number of ether oxygens (including phenoxy) is 2. The van der Waals surface area contributed by atoms with Gasteiger partial charge in [0.05, 0.1) is 18.2 Å². The van der Waals surface area contributed by atoms with Crippen LogP contribution in [0, 0.1) is 0 Å². The zero-order valence-corrected chi connectivity index (χ0v) is 10.3. The van der Waals surface area contributed by atoms with Gasteiger partial charge < -0.3 is 14.6 Å². The summed E-state index contributed by atoms with van der Waals surface area (Å²) in [5, 5.41) is 10.8. The molecular weight excluding hydrogens is 244 g/mol. The standard InChI is InChI=1S/C15H12O4/c1-18-12-9-5-8-11-13(12)15(17,19-14(11)16)10-6-3-2-4-7-10/h2-9,17H,1H3. The van der Waals surface area contributed by atoms with Gasteiger partial charge in [-0.2, -0.15) is 0 Å². The van der Waals surface area contributed by atoms with Gasteiger partial charge in [0.1, 0.15) is 5.75 Å². The summed E-state index contributed by atoms with van der Waals surface area (Å²) in [5.41, 5.74) is 1.17. The molecular formula is C15H12O4. The van der Waals surface area contributed by atoms with Gasteiger partial charge >= 0.3 is 5.97 Å². The van der Waals surface area contributed by atoms with Gasteiger partial charge in [-0.3, -0.25) is 0 Å². The molecule has 1 N–H and O–H groups in total. The van der Waals surface area contributed by atoms with Crippen LogP contribution in [-0.4, -0.2) is 18.2 Å². The molecule has 0 saturated heterocycles. The molecule has 0 spiro atoms. The van der Waals surface area contributed by atoms with E-state index in [1.165, 1.54) is 7.11 Å². The van der Waals surface area contributed by atoms with Crippen molar-refractivity contribution in [2.75, 3.05) is 7.11 Å². The molecule has 0 radical (unpaired) electrons. The van der Waals surface area contributed by atoms with Gasteiger partial charge in [0, 0.05) is 5.56 Å². The fourth-order valence-corrected chi connectivity index (χ4v) is 2.33. The van der Waals surface area contributed by atoms with Crippen molar-refractivity contribution in [2.45, 2.75) is 5.79 Å². The van der Waals surface area contributed by atoms with Crippen LogP contribution in [0.15, 0.2) is 48.5 Å². The Morgan fingerprint density at radius 2 is 1.84 bits per heavy atom. The first kappa shape index (κ1) is 11.7. The number of aliphatic hydroxyl groups is 1. The summed E-state index contributed by atoms with van der Waals surface area (Å²) >= 11 is 0. The van der Waals surface area contributed by atoms with Crippen molar-refractivity contribution in [3.8, 4) is 5.75 Å². The van der Waals surface area contributed by atoms with E-state index in [2.05, 4.69) is 0 Å². The zero-order valence-electron chi connectivity index (χ0n) is 10.3. The van der Waals surface area contributed by atoms with Crippen molar-refractivity contribution in [3.63, 3.8) is 0 Å². The lowest BCUT2D eigenvalue weighted by molar-refractivity contribution is -0.130. The van der Waals surface area contributed by atoms with Crippen molar-refractivity contribution in [1.82, 2.24) is 0 Å². The molecule has 2 aromatic carbocycles. The molecule has 0 amide bonds. The number of carbonyl (C=O) groups excluding carboxylic acids is 1. The first-order valence-electron chi connectivity index (χ1n) is 5.85. The van der Waals surface area contributed by atoms with E-state index < -0.39 is 11.8 Å². The summed E-state index contributed by atoms with van der Waals surface area (Å²) in [6.45, 7) is 0. The quantitative estimate of drug-likeness (QED) is 0.836. The summed E-state index contributed by atoms with van der Waals surface area (Å²) in [6, 6.07) is 13.8. The predicted octanol–water partition coefficient (Wildman–Crippen LogP) is 2.06. The molecule has 19 heavy (non-hydrogen) atoms. The Kier molecular flexibility index (Phi) is 2.54. The van der Waals surface area contributed by atoms with Crippen molar-refractivity contribution < 1.29 is 19.4 Å². The largest absolute Gasteiger partial charge is 0.496 e. The Morgan fingerprint density at radius 3 is 2.53 bits per heavy atom. The fraction of sp³-hybridized carbons (Fsp3) is 0.133. The first-order chi connectivity index (χ1) is 9.16. The van der Waals surface area contributed by atoms with Gasteiger partial charge in [0.2, 0.25) is 0 Å². The Bertz CT molecular complexity index is 636. The van der Waals surface area contributed by atoms with Gasteiger partial charge in [-0.1, -0.05) is 36.4 Å². The molecule has 96 valence electrons. The van der Waals surface area contributed by atoms with Crippen LogP contribution in [0.2, 0.25) is 0 Å². The van der Waals surface area contributed by atoms with E-state index in [9.17, 15) is 9.90 Å². The highest BCUT2D eigenvalue weighted by Crippen LogP contribution is 2.44. The minimum atomic E-state index is -1.79. The molecule has 0 aliphatic carbocycles. The van der Waals surface area contributed by atoms with Crippen molar-refractivity contribution in [3.05, 3.63) is 65.2 Å². The minimum absolute atomic E-state index is 0.325. The summed E-state index contributed by atoms with van der Waals surface area (Å²) in [5.74, 6) is -1.92. The number of hydrogen-bond donors (Lipinski definition) is 1. The van der Waals surface area contributed by atoms with Crippen LogP contribution in [-0.2, 0) is 10.5 Å². The molecule has 4 nitrogen and oxygen atoms in total. The summed E-state index contributed by atoms with van der Waals surface area (Å²) in [4.78, 5) is 11.9. The molecule has 1 unspecified atom stereocenters. The monoisotopic (exact) mass is 256 g/mol. The molecule has 3 rings (SSSR count). The predicted molar refractivity (Wildman–Crippen MR) is 67.9 cm³/mol. The van der Waals surface area contributed by atoms with Crippen LogP contribution in [0.25, 0.3) is 0 Å². The number of methoxy groups -OCH3 is 1. The maximum Gasteiger partial charge on any atom is 0.341 e. The SMILES string of the molecule is COc1cccc2c1C(O)(c1ccccc1)OC2=O. The lowest BCUT2D eigenvalue weighted by atomic mass is 9.95. The summed E-state index contributed by atoms with van der Waals surface area (Å²) in [7, 11) is 1.49. The van der Waals surface area contributed by atoms with Crippen LogP contribution in [0.1, 0.15) is 21.5 Å². The molecule has 4 heteroatoms. The highest BCUT2D eigenvalue weighted by atomic mass is 16.7. The maximum atomic E-state index is 11.9. The van der Waals surface area contributed by atoms with Gasteiger partial charge in [0.15, 0.2) is 0 Å². The Balaban J connectivity index is 2.26. The lowest BCUT2D eigenvalue weighted by Crippen LogP contribution is -2.27. The molecule has 1 atom stereocenters. The molecule has 2 aromatic rings. The van der Waals surface area contributed by atoms with E-state index in [0.717, 1.165) is 0 Å². The number of cyclic esters (lactones) is 1. The third-order valence-corrected chi connectivity index (χ3v) is 3.21. The number of rotatable bonds is 2. The third-order valence-electron chi connectivity index (χ3n) is 3.21. The minimum Gasteiger partial charge on any atom is -0.496 e. The van der Waals surface area contributed by atoms with Crippen LogP contribution >= 0.6 is 0 Å². The second-order valence-corrected chi connectivity index (χ2v) is 4.28. The first-order valence-corrected chi connectivity index (χ1v) is 5.85. The van der Waals surface area contributed by atoms with Gasteiger partial charge in [-0.15, -0.1) is 0 Å². The van der Waals surface area contributed by atoms with Crippen molar-refractivity contribution in [2.24, 2.45) is 0 Å². The topological polar surface area (TPSA) is 55.8 Å². The normalized spacial score (nSPS) is 20.8. The van der Waals surface area contributed by atoms with Crippen LogP contribution < -0.4 is 4.74 Å². The Morgan fingerprint density at radius 1 is 1.11 bits per heavy atom. The highest BCUT2D eigenvalue weighted by molar-refractivity contribution is 5.96. The summed E-state index contributed by atoms with van der Waals surface area (Å²) in [6.07, 6.45) is 0. The van der Waals surface area contributed by atoms with E-state index in [4.69, 9.17) is 9.47 Å². The number of hydrogen-bond acceptors (Lipinski definition) is 4. The Labute approximate surface area is 110 Å². The van der Waals surface area contributed by atoms with E-state index in [1.807, 2.05) is 6.07 Å². The smallest absolute Gasteiger partial charge is 0.341 e. The second kappa shape index (κ2) is 4.10. The van der Waals surface area contributed by atoms with Crippen LogP contribution in [0.3, 0.4) is 0 Å². The van der Waals surface area contributed by atoms with Crippen molar-refractivity contribution in [1.29, 1.82) is 0 Å². The van der Waals surface area contributed by atoms with E-state index >= 15 is 0 Å². The maximum absolute atomic E-state index is 11.9. The summed E-state index contributed by atoms with van der Waals surface area (Å²) < 4.78 is 10.4. The fourth-order valence-electron chi connectivity index (χ4n) is 2.33. The van der Waals surface area contributed by atoms with E-state index in [-0.39, 0.29) is 0 Å². The van der Waals surface area contributed by atoms with E-state index in [1.54, 1.807) is 42.5 Å². The second-order valence-electron chi connectivity index (χ2n) is 4.28. The average molecular weight is 256 g/mol. The Hall–Kier alpha value is -2.33. The number of benzene rings is 2. The van der Waals surface area contributed by atoms with Gasteiger partial charge in [-0.25, -0.2) is 4.79 Å². The zero-order chi connectivity index (χ0) is 13.5. The average Bonchev–Trinajstić information content (AvgIpc) is 2.73. The highest BCUT2D eigenvalue weighted by Gasteiger charge is 2.48. The van der Waals surface area contributed by atoms with Crippen LogP contribution in [0.5, 0.6) is 5.75 Å². The van der Waals surface area contributed by atoms with Gasteiger partial charge in [-0.05, 0) is 12.1 Å². The molecule has 0 saturated carbocycles. The van der Waals surface area contributed by atoms with Gasteiger partial charge in [0.25, 0.3) is 5.79 Å². The van der Waals surface area contributed by atoms with E-state index in [0.29, 0.717) is 22.4 Å². The number of fused-ring (bicyclic) bond motifs is 1. The molecule has 1 aliphatic rings.